The van der Waals surface area contributed by atoms with Gasteiger partial charge >= 0.3 is 0 Å². The van der Waals surface area contributed by atoms with Crippen LogP contribution in [0, 0.1) is 11.3 Å². The van der Waals surface area contributed by atoms with Gasteiger partial charge in [0.2, 0.25) is 5.91 Å². The largest absolute Gasteiger partial charge is 0.366 e. The quantitative estimate of drug-likeness (QED) is 0.785. The van der Waals surface area contributed by atoms with Crippen LogP contribution in [0.15, 0.2) is 22.7 Å². The average molecular weight is 225 g/mol. The van der Waals surface area contributed by atoms with Gasteiger partial charge in [-0.15, -0.1) is 0 Å². The summed E-state index contributed by atoms with van der Waals surface area (Å²) in [6.07, 6.45) is 0. The summed E-state index contributed by atoms with van der Waals surface area (Å²) in [4.78, 5) is 10.7. The molecule has 0 saturated carbocycles. The molecule has 0 aliphatic heterocycles. The third-order valence-electron chi connectivity index (χ3n) is 1.37. The molecule has 0 aliphatic carbocycles. The lowest BCUT2D eigenvalue weighted by atomic mass is 10.1. The molecule has 0 fully saturated rings. The van der Waals surface area contributed by atoms with Crippen LogP contribution in [0.1, 0.15) is 15.9 Å². The van der Waals surface area contributed by atoms with Crippen LogP contribution in [-0.2, 0) is 0 Å². The van der Waals surface area contributed by atoms with Crippen molar-refractivity contribution in [1.29, 1.82) is 5.26 Å². The van der Waals surface area contributed by atoms with Gasteiger partial charge in [0.1, 0.15) is 0 Å². The fraction of sp³-hybridized carbons (Fsp3) is 0. The molecule has 3 nitrogen and oxygen atoms in total. The molecule has 2 N–H and O–H groups in total. The van der Waals surface area contributed by atoms with Crippen LogP contribution < -0.4 is 5.73 Å². The van der Waals surface area contributed by atoms with E-state index in [9.17, 15) is 4.79 Å². The molecule has 1 aromatic rings. The van der Waals surface area contributed by atoms with E-state index in [0.29, 0.717) is 0 Å². The molecule has 0 aliphatic rings. The van der Waals surface area contributed by atoms with Crippen LogP contribution in [0.4, 0.5) is 0 Å². The van der Waals surface area contributed by atoms with Crippen molar-refractivity contribution in [3.63, 3.8) is 0 Å². The van der Waals surface area contributed by atoms with Gasteiger partial charge < -0.3 is 5.73 Å². The Labute approximate surface area is 77.9 Å². The SMILES string of the molecule is N#Cc1cc(Br)ccc1C(N)=O. The number of nitrogens with zero attached hydrogens (tertiary/aromatic N) is 1. The van der Waals surface area contributed by atoms with Gasteiger partial charge in [-0.05, 0) is 18.2 Å². The van der Waals surface area contributed by atoms with Crippen molar-refractivity contribution in [2.45, 2.75) is 0 Å². The number of nitriles is 1. The lowest BCUT2D eigenvalue weighted by Gasteiger charge is -1.98. The Bertz CT molecular complexity index is 368. The monoisotopic (exact) mass is 224 g/mol. The molecule has 1 rings (SSSR count). The number of benzene rings is 1. The van der Waals surface area contributed by atoms with E-state index in [1.165, 1.54) is 6.07 Å². The van der Waals surface area contributed by atoms with Crippen molar-refractivity contribution in [3.8, 4) is 6.07 Å². The summed E-state index contributed by atoms with van der Waals surface area (Å²) >= 11 is 3.18. The molecular weight excluding hydrogens is 220 g/mol. The van der Waals surface area contributed by atoms with E-state index in [0.717, 1.165) is 4.47 Å². The number of nitrogens with two attached hydrogens (primary N) is 1. The molecule has 0 atom stereocenters. The molecule has 4 heteroatoms. The summed E-state index contributed by atoms with van der Waals surface area (Å²) in [6, 6.07) is 6.63. The van der Waals surface area contributed by atoms with Crippen molar-refractivity contribution in [2.75, 3.05) is 0 Å². The third kappa shape index (κ3) is 1.63. The summed E-state index contributed by atoms with van der Waals surface area (Å²) in [5, 5.41) is 8.61. The van der Waals surface area contributed by atoms with Gasteiger partial charge in [-0.3, -0.25) is 4.79 Å². The topological polar surface area (TPSA) is 66.9 Å². The van der Waals surface area contributed by atoms with Crippen LogP contribution in [0.2, 0.25) is 0 Å². The minimum Gasteiger partial charge on any atom is -0.366 e. The van der Waals surface area contributed by atoms with Crippen molar-refractivity contribution in [2.24, 2.45) is 5.73 Å². The number of hydrogen-bond acceptors (Lipinski definition) is 2. The van der Waals surface area contributed by atoms with Gasteiger partial charge in [0.05, 0.1) is 17.2 Å². The first-order valence-electron chi connectivity index (χ1n) is 3.14. The molecule has 0 saturated heterocycles. The summed E-state index contributed by atoms with van der Waals surface area (Å²) in [5.74, 6) is -0.584. The van der Waals surface area contributed by atoms with Crippen molar-refractivity contribution in [3.05, 3.63) is 33.8 Å². The highest BCUT2D eigenvalue weighted by Gasteiger charge is 2.06. The molecule has 0 aromatic heterocycles. The lowest BCUT2D eigenvalue weighted by molar-refractivity contribution is 0.1000. The predicted octanol–water partition coefficient (Wildman–Crippen LogP) is 1.42. The van der Waals surface area contributed by atoms with Crippen molar-refractivity contribution in [1.82, 2.24) is 0 Å². The van der Waals surface area contributed by atoms with Crippen molar-refractivity contribution < 1.29 is 4.79 Å². The van der Waals surface area contributed by atoms with E-state index in [2.05, 4.69) is 15.9 Å². The number of halogens is 1. The van der Waals surface area contributed by atoms with E-state index in [1.807, 2.05) is 6.07 Å². The number of hydrogen-bond donors (Lipinski definition) is 1. The lowest BCUT2D eigenvalue weighted by Crippen LogP contribution is -2.12. The molecule has 0 spiro atoms. The number of amides is 1. The van der Waals surface area contributed by atoms with E-state index in [-0.39, 0.29) is 11.1 Å². The zero-order valence-corrected chi connectivity index (χ0v) is 7.63. The molecule has 12 heavy (non-hydrogen) atoms. The second-order valence-electron chi connectivity index (χ2n) is 2.17. The normalized spacial score (nSPS) is 9.00. The molecule has 1 amide bonds. The Morgan fingerprint density at radius 3 is 2.75 bits per heavy atom. The number of carbonyl (C=O) groups excluding carboxylic acids is 1. The number of carbonyl (C=O) groups is 1. The van der Waals surface area contributed by atoms with E-state index in [1.54, 1.807) is 12.1 Å². The molecule has 0 radical (unpaired) electrons. The zero-order valence-electron chi connectivity index (χ0n) is 6.04. The Morgan fingerprint density at radius 2 is 2.25 bits per heavy atom. The summed E-state index contributed by atoms with van der Waals surface area (Å²) < 4.78 is 0.754. The highest BCUT2D eigenvalue weighted by molar-refractivity contribution is 9.10. The molecular formula is C8H5BrN2O. The smallest absolute Gasteiger partial charge is 0.250 e. The fourth-order valence-corrected chi connectivity index (χ4v) is 1.18. The summed E-state index contributed by atoms with van der Waals surface area (Å²) in [7, 11) is 0. The fourth-order valence-electron chi connectivity index (χ4n) is 0.824. The van der Waals surface area contributed by atoms with Crippen LogP contribution in [0.5, 0.6) is 0 Å². The Hall–Kier alpha value is -1.34. The van der Waals surface area contributed by atoms with Gasteiger partial charge in [-0.25, -0.2) is 0 Å². The highest BCUT2D eigenvalue weighted by atomic mass is 79.9. The molecule has 0 heterocycles. The minimum absolute atomic E-state index is 0.251. The van der Waals surface area contributed by atoms with E-state index >= 15 is 0 Å². The first-order chi connectivity index (χ1) is 5.65. The van der Waals surface area contributed by atoms with Gasteiger partial charge in [-0.2, -0.15) is 5.26 Å². The first kappa shape index (κ1) is 8.75. The van der Waals surface area contributed by atoms with Gasteiger partial charge in [-0.1, -0.05) is 15.9 Å². The van der Waals surface area contributed by atoms with Crippen molar-refractivity contribution >= 4 is 21.8 Å². The van der Waals surface area contributed by atoms with E-state index < -0.39 is 5.91 Å². The highest BCUT2D eigenvalue weighted by Crippen LogP contribution is 2.15. The molecule has 0 unspecified atom stereocenters. The Kier molecular flexibility index (Phi) is 2.46. The molecule has 0 bridgehead atoms. The maximum absolute atomic E-state index is 10.7. The Balaban J connectivity index is 3.32. The predicted molar refractivity (Wildman–Crippen MR) is 47.4 cm³/mol. The second-order valence-corrected chi connectivity index (χ2v) is 3.08. The van der Waals surface area contributed by atoms with Gasteiger partial charge in [0.25, 0.3) is 0 Å². The van der Waals surface area contributed by atoms with Gasteiger partial charge in [0, 0.05) is 4.47 Å². The van der Waals surface area contributed by atoms with Crippen LogP contribution >= 0.6 is 15.9 Å². The first-order valence-corrected chi connectivity index (χ1v) is 3.94. The third-order valence-corrected chi connectivity index (χ3v) is 1.86. The van der Waals surface area contributed by atoms with E-state index in [4.69, 9.17) is 11.0 Å². The summed E-state index contributed by atoms with van der Waals surface area (Å²) in [6.45, 7) is 0. The van der Waals surface area contributed by atoms with Crippen LogP contribution in [0.3, 0.4) is 0 Å². The molecule has 60 valence electrons. The minimum atomic E-state index is -0.584. The maximum atomic E-state index is 10.7. The summed E-state index contributed by atoms with van der Waals surface area (Å²) in [5.41, 5.74) is 5.57. The maximum Gasteiger partial charge on any atom is 0.250 e. The Morgan fingerprint density at radius 1 is 1.58 bits per heavy atom. The van der Waals surface area contributed by atoms with Gasteiger partial charge in [0.15, 0.2) is 0 Å². The number of rotatable bonds is 1. The zero-order chi connectivity index (χ0) is 9.14. The average Bonchev–Trinajstić information content (AvgIpc) is 2.03. The van der Waals surface area contributed by atoms with Crippen LogP contribution in [-0.4, -0.2) is 5.91 Å². The number of primary amides is 1. The molecule has 1 aromatic carbocycles. The second kappa shape index (κ2) is 3.37. The standard InChI is InChI=1S/C8H5BrN2O/c9-6-1-2-7(8(11)12)5(3-6)4-10/h1-3H,(H2,11,12). The van der Waals surface area contributed by atoms with Crippen LogP contribution in [0.25, 0.3) is 0 Å².